The highest BCUT2D eigenvalue weighted by molar-refractivity contribution is 5.94. The topological polar surface area (TPSA) is 81.1 Å². The molecule has 1 amide bonds. The molecular formula is C17H29N3O. The number of nitrogens with one attached hydrogen (secondary N) is 1. The Hall–Kier alpha value is -1.39. The predicted molar refractivity (Wildman–Crippen MR) is 88.1 cm³/mol. The van der Waals surface area contributed by atoms with Gasteiger partial charge in [-0.1, -0.05) is 50.8 Å². The van der Waals surface area contributed by atoms with Crippen molar-refractivity contribution in [3.05, 3.63) is 35.9 Å². The van der Waals surface area contributed by atoms with Crippen LogP contribution in [0.1, 0.15) is 55.8 Å². The van der Waals surface area contributed by atoms with Gasteiger partial charge in [0.15, 0.2) is 0 Å². The molecule has 1 aromatic carbocycles. The molecule has 2 atom stereocenters. The SMILES string of the molecule is CCCCCCC(N)C(N)CCNC(=O)c1ccccc1. The lowest BCUT2D eigenvalue weighted by atomic mass is 10.00. The van der Waals surface area contributed by atoms with Crippen molar-refractivity contribution < 1.29 is 4.79 Å². The van der Waals surface area contributed by atoms with E-state index in [0.717, 1.165) is 12.8 Å². The van der Waals surface area contributed by atoms with Crippen LogP contribution in [0.2, 0.25) is 0 Å². The molecule has 2 unspecified atom stereocenters. The molecule has 5 N–H and O–H groups in total. The summed E-state index contributed by atoms with van der Waals surface area (Å²) in [5.74, 6) is -0.0562. The van der Waals surface area contributed by atoms with E-state index in [9.17, 15) is 4.79 Å². The monoisotopic (exact) mass is 291 g/mol. The molecule has 0 aliphatic heterocycles. The highest BCUT2D eigenvalue weighted by atomic mass is 16.1. The number of carbonyl (C=O) groups excluding carboxylic acids is 1. The molecule has 0 fully saturated rings. The Labute approximate surface area is 128 Å². The molecule has 118 valence electrons. The number of benzene rings is 1. The first-order valence-corrected chi connectivity index (χ1v) is 7.99. The van der Waals surface area contributed by atoms with E-state index >= 15 is 0 Å². The van der Waals surface area contributed by atoms with E-state index in [1.807, 2.05) is 18.2 Å². The molecule has 4 nitrogen and oxygen atoms in total. The van der Waals surface area contributed by atoms with Crippen molar-refractivity contribution in [2.45, 2.75) is 57.5 Å². The Bertz CT molecular complexity index is 394. The first-order valence-electron chi connectivity index (χ1n) is 7.99. The second kappa shape index (κ2) is 10.4. The molecule has 0 aromatic heterocycles. The van der Waals surface area contributed by atoms with E-state index < -0.39 is 0 Å². The van der Waals surface area contributed by atoms with Crippen molar-refractivity contribution in [2.24, 2.45) is 11.5 Å². The number of unbranched alkanes of at least 4 members (excludes halogenated alkanes) is 3. The zero-order chi connectivity index (χ0) is 15.5. The van der Waals surface area contributed by atoms with Crippen LogP contribution in [0.25, 0.3) is 0 Å². The minimum absolute atomic E-state index is 0.0236. The van der Waals surface area contributed by atoms with Crippen LogP contribution in [-0.4, -0.2) is 24.5 Å². The molecule has 1 rings (SSSR count). The fraction of sp³-hybridized carbons (Fsp3) is 0.588. The summed E-state index contributed by atoms with van der Waals surface area (Å²) in [6, 6.07) is 9.17. The lowest BCUT2D eigenvalue weighted by Crippen LogP contribution is -2.43. The minimum Gasteiger partial charge on any atom is -0.352 e. The Morgan fingerprint density at radius 1 is 1.05 bits per heavy atom. The van der Waals surface area contributed by atoms with E-state index in [0.29, 0.717) is 18.5 Å². The Morgan fingerprint density at radius 2 is 1.71 bits per heavy atom. The van der Waals surface area contributed by atoms with Gasteiger partial charge in [0.25, 0.3) is 5.91 Å². The van der Waals surface area contributed by atoms with Crippen LogP contribution < -0.4 is 16.8 Å². The molecule has 4 heteroatoms. The molecule has 0 aliphatic carbocycles. The quantitative estimate of drug-likeness (QED) is 0.579. The number of carbonyl (C=O) groups is 1. The molecule has 0 heterocycles. The second-order valence-electron chi connectivity index (χ2n) is 5.59. The summed E-state index contributed by atoms with van der Waals surface area (Å²) >= 11 is 0. The molecule has 0 saturated heterocycles. The molecule has 1 aromatic rings. The maximum Gasteiger partial charge on any atom is 0.251 e. The maximum absolute atomic E-state index is 11.9. The van der Waals surface area contributed by atoms with Gasteiger partial charge in [-0.25, -0.2) is 0 Å². The van der Waals surface area contributed by atoms with Crippen molar-refractivity contribution in [3.63, 3.8) is 0 Å². The van der Waals surface area contributed by atoms with Crippen molar-refractivity contribution in [2.75, 3.05) is 6.54 Å². The third-order valence-corrected chi connectivity index (χ3v) is 3.74. The van der Waals surface area contributed by atoms with Gasteiger partial charge in [0.2, 0.25) is 0 Å². The van der Waals surface area contributed by atoms with Gasteiger partial charge in [0.05, 0.1) is 0 Å². The van der Waals surface area contributed by atoms with Crippen LogP contribution in [0.15, 0.2) is 30.3 Å². The van der Waals surface area contributed by atoms with Gasteiger partial charge in [-0.15, -0.1) is 0 Å². The number of hydrogen-bond acceptors (Lipinski definition) is 3. The summed E-state index contributed by atoms with van der Waals surface area (Å²) in [5.41, 5.74) is 12.8. The number of rotatable bonds is 10. The van der Waals surface area contributed by atoms with Crippen LogP contribution in [0.5, 0.6) is 0 Å². The van der Waals surface area contributed by atoms with Gasteiger partial charge in [-0.3, -0.25) is 4.79 Å². The number of amides is 1. The van der Waals surface area contributed by atoms with Crippen LogP contribution >= 0.6 is 0 Å². The van der Waals surface area contributed by atoms with Crippen LogP contribution in [0.4, 0.5) is 0 Å². The summed E-state index contributed by atoms with van der Waals surface area (Å²) < 4.78 is 0. The fourth-order valence-electron chi connectivity index (χ4n) is 2.28. The molecule has 0 bridgehead atoms. The third kappa shape index (κ3) is 7.25. The van der Waals surface area contributed by atoms with Gasteiger partial charge in [-0.2, -0.15) is 0 Å². The van der Waals surface area contributed by atoms with E-state index in [2.05, 4.69) is 12.2 Å². The summed E-state index contributed by atoms with van der Waals surface area (Å²) in [6.45, 7) is 2.76. The largest absolute Gasteiger partial charge is 0.352 e. The molecule has 0 radical (unpaired) electrons. The van der Waals surface area contributed by atoms with Crippen LogP contribution in [0.3, 0.4) is 0 Å². The summed E-state index contributed by atoms with van der Waals surface area (Å²) in [4.78, 5) is 11.9. The summed E-state index contributed by atoms with van der Waals surface area (Å²) in [6.07, 6.45) is 6.53. The fourth-order valence-corrected chi connectivity index (χ4v) is 2.28. The van der Waals surface area contributed by atoms with Gasteiger partial charge < -0.3 is 16.8 Å². The van der Waals surface area contributed by atoms with E-state index in [4.69, 9.17) is 11.5 Å². The van der Waals surface area contributed by atoms with E-state index in [1.54, 1.807) is 12.1 Å². The first kappa shape index (κ1) is 17.7. The van der Waals surface area contributed by atoms with Gasteiger partial charge in [-0.05, 0) is 25.0 Å². The second-order valence-corrected chi connectivity index (χ2v) is 5.59. The van der Waals surface area contributed by atoms with E-state index in [-0.39, 0.29) is 18.0 Å². The molecule has 21 heavy (non-hydrogen) atoms. The molecule has 0 saturated carbocycles. The average molecular weight is 291 g/mol. The Morgan fingerprint density at radius 3 is 2.38 bits per heavy atom. The highest BCUT2D eigenvalue weighted by Crippen LogP contribution is 2.07. The van der Waals surface area contributed by atoms with Gasteiger partial charge in [0, 0.05) is 24.2 Å². The van der Waals surface area contributed by atoms with Crippen molar-refractivity contribution in [1.29, 1.82) is 0 Å². The van der Waals surface area contributed by atoms with Crippen molar-refractivity contribution in [3.8, 4) is 0 Å². The van der Waals surface area contributed by atoms with Crippen molar-refractivity contribution >= 4 is 5.91 Å². The zero-order valence-corrected chi connectivity index (χ0v) is 13.1. The highest BCUT2D eigenvalue weighted by Gasteiger charge is 2.13. The average Bonchev–Trinajstić information content (AvgIpc) is 2.52. The number of hydrogen-bond donors (Lipinski definition) is 3. The predicted octanol–water partition coefficient (Wildman–Crippen LogP) is 2.43. The molecule has 0 aliphatic rings. The lowest BCUT2D eigenvalue weighted by molar-refractivity contribution is 0.0952. The first-order chi connectivity index (χ1) is 10.1. The lowest BCUT2D eigenvalue weighted by Gasteiger charge is -2.20. The van der Waals surface area contributed by atoms with Crippen LogP contribution in [-0.2, 0) is 0 Å². The molecule has 0 spiro atoms. The van der Waals surface area contributed by atoms with Crippen molar-refractivity contribution in [1.82, 2.24) is 5.32 Å². The zero-order valence-electron chi connectivity index (χ0n) is 13.1. The summed E-state index contributed by atoms with van der Waals surface area (Å²) in [7, 11) is 0. The van der Waals surface area contributed by atoms with E-state index in [1.165, 1.54) is 19.3 Å². The Balaban J connectivity index is 2.17. The Kier molecular flexibility index (Phi) is 8.71. The molecular weight excluding hydrogens is 262 g/mol. The maximum atomic E-state index is 11.9. The van der Waals surface area contributed by atoms with Crippen LogP contribution in [0, 0.1) is 0 Å². The number of nitrogens with two attached hydrogens (primary N) is 2. The standard InChI is InChI=1S/C17H29N3O/c1-2-3-4-8-11-15(18)16(19)12-13-20-17(21)14-9-6-5-7-10-14/h5-7,9-10,15-16H,2-4,8,11-13,18-19H2,1H3,(H,20,21). The smallest absolute Gasteiger partial charge is 0.251 e. The van der Waals surface area contributed by atoms with Gasteiger partial charge >= 0.3 is 0 Å². The normalized spacial score (nSPS) is 13.7. The minimum atomic E-state index is -0.0562. The van der Waals surface area contributed by atoms with Gasteiger partial charge in [0.1, 0.15) is 0 Å². The third-order valence-electron chi connectivity index (χ3n) is 3.74. The summed E-state index contributed by atoms with van der Waals surface area (Å²) in [5, 5.41) is 2.89.